The highest BCUT2D eigenvalue weighted by Crippen LogP contribution is 2.14. The van der Waals surface area contributed by atoms with Gasteiger partial charge in [-0.2, -0.15) is 4.98 Å². The minimum absolute atomic E-state index is 0. The van der Waals surface area contributed by atoms with Crippen molar-refractivity contribution in [2.75, 3.05) is 6.54 Å². The summed E-state index contributed by atoms with van der Waals surface area (Å²) in [4.78, 5) is 4.44. The fourth-order valence-corrected chi connectivity index (χ4v) is 2.50. The number of aromatic nitrogens is 2. The molecule has 6 heteroatoms. The molecule has 1 aromatic heterocycles. The highest BCUT2D eigenvalue weighted by Gasteiger charge is 2.18. The predicted molar refractivity (Wildman–Crippen MR) is 80.5 cm³/mol. The molecule has 0 spiro atoms. The molecule has 108 valence electrons. The van der Waals surface area contributed by atoms with Crippen molar-refractivity contribution in [3.05, 3.63) is 46.6 Å². The van der Waals surface area contributed by atoms with Crippen LogP contribution in [0.5, 0.6) is 0 Å². The Labute approximate surface area is 129 Å². The van der Waals surface area contributed by atoms with Crippen molar-refractivity contribution >= 4 is 24.0 Å². The maximum atomic E-state index is 5.86. The summed E-state index contributed by atoms with van der Waals surface area (Å²) in [7, 11) is 0. The molecule has 1 N–H and O–H groups in total. The van der Waals surface area contributed by atoms with Crippen molar-refractivity contribution in [2.45, 2.75) is 31.7 Å². The van der Waals surface area contributed by atoms with Gasteiger partial charge in [0.1, 0.15) is 0 Å². The molecule has 20 heavy (non-hydrogen) atoms. The van der Waals surface area contributed by atoms with Gasteiger partial charge in [-0.05, 0) is 37.1 Å². The van der Waals surface area contributed by atoms with Crippen LogP contribution in [0.3, 0.4) is 0 Å². The third-order valence-corrected chi connectivity index (χ3v) is 3.62. The van der Waals surface area contributed by atoms with Crippen LogP contribution < -0.4 is 5.32 Å². The molecule has 0 aliphatic carbocycles. The number of nitrogens with one attached hydrogen (secondary N) is 1. The molecule has 1 atom stereocenters. The standard InChI is InChI=1S/C14H16ClN3O.ClH/c15-11-5-3-10(4-6-11)8-13-17-14(19-18-13)9-12-2-1-7-16-12;/h3-6,12,16H,1-2,7-9H2;1H. The first-order chi connectivity index (χ1) is 9.29. The predicted octanol–water partition coefficient (Wildman–Crippen LogP) is 3.03. The van der Waals surface area contributed by atoms with Crippen LogP contribution in [0.15, 0.2) is 28.8 Å². The van der Waals surface area contributed by atoms with Gasteiger partial charge in [-0.25, -0.2) is 0 Å². The van der Waals surface area contributed by atoms with Gasteiger partial charge in [0.05, 0.1) is 0 Å². The van der Waals surface area contributed by atoms with Gasteiger partial charge < -0.3 is 9.84 Å². The molecule has 4 nitrogen and oxygen atoms in total. The Morgan fingerprint density at radius 3 is 2.80 bits per heavy atom. The lowest BCUT2D eigenvalue weighted by molar-refractivity contribution is 0.360. The molecule has 0 radical (unpaired) electrons. The lowest BCUT2D eigenvalue weighted by atomic mass is 10.1. The average Bonchev–Trinajstić information content (AvgIpc) is 3.05. The van der Waals surface area contributed by atoms with Crippen LogP contribution in [0.4, 0.5) is 0 Å². The van der Waals surface area contributed by atoms with Crippen LogP contribution in [-0.4, -0.2) is 22.7 Å². The van der Waals surface area contributed by atoms with E-state index in [1.165, 1.54) is 12.8 Å². The molecule has 0 bridgehead atoms. The molecule has 1 unspecified atom stereocenters. The van der Waals surface area contributed by atoms with Gasteiger partial charge in [0, 0.05) is 23.9 Å². The Morgan fingerprint density at radius 1 is 1.30 bits per heavy atom. The molecule has 1 aliphatic heterocycles. The van der Waals surface area contributed by atoms with Gasteiger partial charge in [0.25, 0.3) is 0 Å². The molecular formula is C14H17Cl2N3O. The Balaban J connectivity index is 0.00000147. The third-order valence-electron chi connectivity index (χ3n) is 3.37. The van der Waals surface area contributed by atoms with E-state index in [4.69, 9.17) is 16.1 Å². The fraction of sp³-hybridized carbons (Fsp3) is 0.429. The Bertz CT molecular complexity index is 536. The van der Waals surface area contributed by atoms with Crippen molar-refractivity contribution in [3.63, 3.8) is 0 Å². The van der Waals surface area contributed by atoms with Crippen LogP contribution in [-0.2, 0) is 12.8 Å². The van der Waals surface area contributed by atoms with Crippen LogP contribution >= 0.6 is 24.0 Å². The van der Waals surface area contributed by atoms with Crippen molar-refractivity contribution in [1.29, 1.82) is 0 Å². The molecule has 1 aliphatic rings. The topological polar surface area (TPSA) is 51.0 Å². The summed E-state index contributed by atoms with van der Waals surface area (Å²) in [6.07, 6.45) is 3.93. The molecule has 1 fully saturated rings. The number of rotatable bonds is 4. The van der Waals surface area contributed by atoms with Gasteiger partial charge in [-0.15, -0.1) is 12.4 Å². The summed E-state index contributed by atoms with van der Waals surface area (Å²) in [5.74, 6) is 1.46. The lowest BCUT2D eigenvalue weighted by Crippen LogP contribution is -2.23. The van der Waals surface area contributed by atoms with Crippen LogP contribution in [0.1, 0.15) is 30.1 Å². The van der Waals surface area contributed by atoms with E-state index in [2.05, 4.69) is 15.5 Å². The second-order valence-electron chi connectivity index (χ2n) is 4.90. The van der Waals surface area contributed by atoms with E-state index in [1.54, 1.807) is 0 Å². The molecule has 1 aromatic carbocycles. The summed E-state index contributed by atoms with van der Waals surface area (Å²) < 4.78 is 5.30. The summed E-state index contributed by atoms with van der Waals surface area (Å²) >= 11 is 5.86. The van der Waals surface area contributed by atoms with Crippen LogP contribution in [0, 0.1) is 0 Å². The quantitative estimate of drug-likeness (QED) is 0.942. The Morgan fingerprint density at radius 2 is 2.10 bits per heavy atom. The smallest absolute Gasteiger partial charge is 0.228 e. The molecule has 0 amide bonds. The van der Waals surface area contributed by atoms with E-state index in [1.807, 2.05) is 24.3 Å². The van der Waals surface area contributed by atoms with Gasteiger partial charge >= 0.3 is 0 Å². The highest BCUT2D eigenvalue weighted by molar-refractivity contribution is 6.30. The number of hydrogen-bond acceptors (Lipinski definition) is 4. The zero-order valence-corrected chi connectivity index (χ0v) is 12.6. The van der Waals surface area contributed by atoms with E-state index >= 15 is 0 Å². The SMILES string of the molecule is Cl.Clc1ccc(Cc2noc(CC3CCCN3)n2)cc1. The summed E-state index contributed by atoms with van der Waals surface area (Å²) in [6, 6.07) is 8.21. The Hall–Kier alpha value is -1.10. The average molecular weight is 314 g/mol. The van der Waals surface area contributed by atoms with E-state index in [0.717, 1.165) is 35.3 Å². The van der Waals surface area contributed by atoms with E-state index in [0.29, 0.717) is 12.5 Å². The summed E-state index contributed by atoms with van der Waals surface area (Å²) in [5, 5.41) is 8.20. The minimum atomic E-state index is 0. The normalized spacial score (nSPS) is 17.9. The maximum absolute atomic E-state index is 5.86. The van der Waals surface area contributed by atoms with Crippen molar-refractivity contribution in [3.8, 4) is 0 Å². The number of halogens is 2. The molecule has 2 heterocycles. The van der Waals surface area contributed by atoms with Crippen LogP contribution in [0.25, 0.3) is 0 Å². The fourth-order valence-electron chi connectivity index (χ4n) is 2.37. The number of hydrogen-bond donors (Lipinski definition) is 1. The molecule has 1 saturated heterocycles. The largest absolute Gasteiger partial charge is 0.339 e. The minimum Gasteiger partial charge on any atom is -0.339 e. The summed E-state index contributed by atoms with van der Waals surface area (Å²) in [6.45, 7) is 1.09. The second-order valence-corrected chi connectivity index (χ2v) is 5.34. The zero-order chi connectivity index (χ0) is 13.1. The van der Waals surface area contributed by atoms with Gasteiger partial charge in [-0.1, -0.05) is 28.9 Å². The molecular weight excluding hydrogens is 297 g/mol. The molecule has 2 aromatic rings. The Kier molecular flexibility index (Phi) is 5.40. The van der Waals surface area contributed by atoms with Crippen molar-refractivity contribution in [1.82, 2.24) is 15.5 Å². The van der Waals surface area contributed by atoms with Crippen molar-refractivity contribution in [2.24, 2.45) is 0 Å². The third kappa shape index (κ3) is 3.95. The van der Waals surface area contributed by atoms with E-state index in [9.17, 15) is 0 Å². The van der Waals surface area contributed by atoms with Gasteiger partial charge in [0.15, 0.2) is 5.82 Å². The van der Waals surface area contributed by atoms with Gasteiger partial charge in [-0.3, -0.25) is 0 Å². The first kappa shape index (κ1) is 15.3. The highest BCUT2D eigenvalue weighted by atomic mass is 35.5. The maximum Gasteiger partial charge on any atom is 0.228 e. The number of benzene rings is 1. The molecule has 3 rings (SSSR count). The summed E-state index contributed by atoms with van der Waals surface area (Å²) in [5.41, 5.74) is 1.13. The second kappa shape index (κ2) is 7.07. The lowest BCUT2D eigenvalue weighted by Gasteiger charge is -2.04. The van der Waals surface area contributed by atoms with Crippen LogP contribution in [0.2, 0.25) is 5.02 Å². The molecule has 0 saturated carbocycles. The van der Waals surface area contributed by atoms with Crippen molar-refractivity contribution < 1.29 is 4.52 Å². The number of nitrogens with zero attached hydrogens (tertiary/aromatic N) is 2. The van der Waals surface area contributed by atoms with E-state index in [-0.39, 0.29) is 12.4 Å². The first-order valence-electron chi connectivity index (χ1n) is 6.59. The zero-order valence-electron chi connectivity index (χ0n) is 11.0. The van der Waals surface area contributed by atoms with E-state index < -0.39 is 0 Å². The monoisotopic (exact) mass is 313 g/mol. The first-order valence-corrected chi connectivity index (χ1v) is 6.97. The van der Waals surface area contributed by atoms with Gasteiger partial charge in [0.2, 0.25) is 5.89 Å².